The molecular formula is C10H16N2S. The van der Waals surface area contributed by atoms with Crippen molar-refractivity contribution in [1.29, 1.82) is 0 Å². The van der Waals surface area contributed by atoms with E-state index in [0.29, 0.717) is 0 Å². The third-order valence-corrected chi connectivity index (χ3v) is 3.12. The summed E-state index contributed by atoms with van der Waals surface area (Å²) in [6.07, 6.45) is 5.03. The Morgan fingerprint density at radius 1 is 1.62 bits per heavy atom. The third-order valence-electron chi connectivity index (χ3n) is 2.22. The van der Waals surface area contributed by atoms with Crippen molar-refractivity contribution in [1.82, 2.24) is 10.3 Å². The number of rotatable bonds is 5. The van der Waals surface area contributed by atoms with E-state index in [-0.39, 0.29) is 0 Å². The molecule has 2 rings (SSSR count). The van der Waals surface area contributed by atoms with Crippen molar-refractivity contribution >= 4 is 11.3 Å². The number of nitrogens with zero attached hydrogens (tertiary/aromatic N) is 1. The standard InChI is InChI=1S/C10H16N2S/c1-2-3-9-7-13-10(12-9)6-11-8-4-5-8/h7-8,11H,2-6H2,1H3. The lowest BCUT2D eigenvalue weighted by Gasteiger charge is -1.96. The molecule has 0 aliphatic heterocycles. The molecule has 0 amide bonds. The quantitative estimate of drug-likeness (QED) is 0.782. The molecule has 2 nitrogen and oxygen atoms in total. The lowest BCUT2D eigenvalue weighted by Crippen LogP contribution is -2.15. The Kier molecular flexibility index (Phi) is 2.96. The Hall–Kier alpha value is -0.410. The summed E-state index contributed by atoms with van der Waals surface area (Å²) in [6.45, 7) is 3.17. The zero-order valence-corrected chi connectivity index (χ0v) is 8.86. The van der Waals surface area contributed by atoms with Gasteiger partial charge in [0, 0.05) is 18.0 Å². The second kappa shape index (κ2) is 4.20. The van der Waals surface area contributed by atoms with Gasteiger partial charge >= 0.3 is 0 Å². The fourth-order valence-corrected chi connectivity index (χ4v) is 2.10. The van der Waals surface area contributed by atoms with Crippen molar-refractivity contribution in [3.05, 3.63) is 16.1 Å². The summed E-state index contributed by atoms with van der Waals surface area (Å²) in [5.74, 6) is 0. The molecule has 0 radical (unpaired) electrons. The Labute approximate surface area is 83.4 Å². The molecule has 1 aromatic heterocycles. The van der Waals surface area contributed by atoms with Gasteiger partial charge in [0.15, 0.2) is 0 Å². The van der Waals surface area contributed by atoms with Crippen LogP contribution in [0.15, 0.2) is 5.38 Å². The third kappa shape index (κ3) is 2.78. The van der Waals surface area contributed by atoms with Gasteiger partial charge in [0.2, 0.25) is 0 Å². The van der Waals surface area contributed by atoms with Crippen LogP contribution in [0.2, 0.25) is 0 Å². The maximum Gasteiger partial charge on any atom is 0.107 e. The predicted molar refractivity (Wildman–Crippen MR) is 56.0 cm³/mol. The van der Waals surface area contributed by atoms with E-state index in [0.717, 1.165) is 19.0 Å². The van der Waals surface area contributed by atoms with Gasteiger partial charge in [-0.3, -0.25) is 0 Å². The topological polar surface area (TPSA) is 24.9 Å². The SMILES string of the molecule is CCCc1csc(CNC2CC2)n1. The largest absolute Gasteiger partial charge is 0.308 e. The van der Waals surface area contributed by atoms with Crippen LogP contribution in [0.1, 0.15) is 36.9 Å². The molecule has 0 unspecified atom stereocenters. The lowest BCUT2D eigenvalue weighted by atomic mass is 10.3. The van der Waals surface area contributed by atoms with Crippen LogP contribution in [0.3, 0.4) is 0 Å². The van der Waals surface area contributed by atoms with Gasteiger partial charge < -0.3 is 5.32 Å². The second-order valence-corrected chi connectivity index (χ2v) is 4.58. The molecule has 0 atom stereocenters. The number of hydrogen-bond acceptors (Lipinski definition) is 3. The van der Waals surface area contributed by atoms with Crippen LogP contribution < -0.4 is 5.32 Å². The molecule has 0 spiro atoms. The Bertz CT molecular complexity index is 266. The normalized spacial score (nSPS) is 16.4. The van der Waals surface area contributed by atoms with Crippen molar-refractivity contribution in [3.8, 4) is 0 Å². The lowest BCUT2D eigenvalue weighted by molar-refractivity contribution is 0.681. The summed E-state index contributed by atoms with van der Waals surface area (Å²) < 4.78 is 0. The van der Waals surface area contributed by atoms with Crippen molar-refractivity contribution in [2.45, 2.75) is 45.2 Å². The molecule has 0 aromatic carbocycles. The van der Waals surface area contributed by atoms with Gasteiger partial charge in [-0.2, -0.15) is 0 Å². The van der Waals surface area contributed by atoms with E-state index >= 15 is 0 Å². The van der Waals surface area contributed by atoms with Crippen LogP contribution in [0.5, 0.6) is 0 Å². The summed E-state index contributed by atoms with van der Waals surface area (Å²) >= 11 is 1.79. The summed E-state index contributed by atoms with van der Waals surface area (Å²) in [4.78, 5) is 4.56. The molecule has 0 bridgehead atoms. The average molecular weight is 196 g/mol. The zero-order chi connectivity index (χ0) is 9.10. The monoisotopic (exact) mass is 196 g/mol. The molecule has 1 fully saturated rings. The highest BCUT2D eigenvalue weighted by atomic mass is 32.1. The molecule has 13 heavy (non-hydrogen) atoms. The molecule has 1 heterocycles. The van der Waals surface area contributed by atoms with Crippen LogP contribution in [-0.4, -0.2) is 11.0 Å². The van der Waals surface area contributed by atoms with Gasteiger partial charge in [0.1, 0.15) is 5.01 Å². The van der Waals surface area contributed by atoms with Gasteiger partial charge in [-0.1, -0.05) is 13.3 Å². The number of thiazole rings is 1. The van der Waals surface area contributed by atoms with Crippen LogP contribution in [-0.2, 0) is 13.0 Å². The van der Waals surface area contributed by atoms with Crippen molar-refractivity contribution in [2.75, 3.05) is 0 Å². The van der Waals surface area contributed by atoms with Crippen molar-refractivity contribution in [3.63, 3.8) is 0 Å². The highest BCUT2D eigenvalue weighted by molar-refractivity contribution is 7.09. The van der Waals surface area contributed by atoms with E-state index in [4.69, 9.17) is 0 Å². The molecule has 0 saturated heterocycles. The van der Waals surface area contributed by atoms with Crippen LogP contribution in [0.4, 0.5) is 0 Å². The van der Waals surface area contributed by atoms with Gasteiger partial charge in [0.25, 0.3) is 0 Å². The first-order chi connectivity index (χ1) is 6.38. The molecule has 1 saturated carbocycles. The Balaban J connectivity index is 1.81. The minimum Gasteiger partial charge on any atom is -0.308 e. The van der Waals surface area contributed by atoms with E-state index in [1.807, 2.05) is 0 Å². The number of aromatic nitrogens is 1. The zero-order valence-electron chi connectivity index (χ0n) is 8.05. The van der Waals surface area contributed by atoms with E-state index < -0.39 is 0 Å². The van der Waals surface area contributed by atoms with Crippen LogP contribution in [0, 0.1) is 0 Å². The van der Waals surface area contributed by atoms with Crippen LogP contribution in [0.25, 0.3) is 0 Å². The van der Waals surface area contributed by atoms with Gasteiger partial charge in [-0.25, -0.2) is 4.98 Å². The van der Waals surface area contributed by atoms with Crippen molar-refractivity contribution in [2.24, 2.45) is 0 Å². The molecule has 1 aromatic rings. The summed E-state index contributed by atoms with van der Waals surface area (Å²) in [6, 6.07) is 0.790. The smallest absolute Gasteiger partial charge is 0.107 e. The van der Waals surface area contributed by atoms with E-state index in [2.05, 4.69) is 22.6 Å². The number of hydrogen-bond donors (Lipinski definition) is 1. The molecular weight excluding hydrogens is 180 g/mol. The van der Waals surface area contributed by atoms with Crippen molar-refractivity contribution < 1.29 is 0 Å². The highest BCUT2D eigenvalue weighted by Gasteiger charge is 2.20. The fraction of sp³-hybridized carbons (Fsp3) is 0.700. The molecule has 1 aliphatic rings. The Morgan fingerprint density at radius 2 is 2.46 bits per heavy atom. The maximum absolute atomic E-state index is 4.56. The molecule has 1 aliphatic carbocycles. The first-order valence-corrected chi connectivity index (χ1v) is 5.93. The molecule has 1 N–H and O–H groups in total. The summed E-state index contributed by atoms with van der Waals surface area (Å²) in [5, 5.41) is 6.91. The molecule has 3 heteroatoms. The summed E-state index contributed by atoms with van der Waals surface area (Å²) in [7, 11) is 0. The van der Waals surface area contributed by atoms with Gasteiger partial charge in [-0.05, 0) is 19.3 Å². The predicted octanol–water partition coefficient (Wildman–Crippen LogP) is 2.35. The fourth-order valence-electron chi connectivity index (χ4n) is 1.32. The average Bonchev–Trinajstić information content (AvgIpc) is 2.85. The Morgan fingerprint density at radius 3 is 3.15 bits per heavy atom. The summed E-state index contributed by atoms with van der Waals surface area (Å²) in [5.41, 5.74) is 1.26. The first kappa shape index (κ1) is 9.16. The van der Waals surface area contributed by atoms with Crippen LogP contribution >= 0.6 is 11.3 Å². The number of nitrogens with one attached hydrogen (secondary N) is 1. The number of aryl methyl sites for hydroxylation is 1. The van der Waals surface area contributed by atoms with E-state index in [1.165, 1.54) is 30.0 Å². The highest BCUT2D eigenvalue weighted by Crippen LogP contribution is 2.20. The van der Waals surface area contributed by atoms with E-state index in [9.17, 15) is 0 Å². The molecule has 72 valence electrons. The van der Waals surface area contributed by atoms with Gasteiger partial charge in [-0.15, -0.1) is 11.3 Å². The maximum atomic E-state index is 4.56. The first-order valence-electron chi connectivity index (χ1n) is 5.05. The minimum atomic E-state index is 0.790. The van der Waals surface area contributed by atoms with Gasteiger partial charge in [0.05, 0.1) is 5.69 Å². The second-order valence-electron chi connectivity index (χ2n) is 3.64. The minimum absolute atomic E-state index is 0.790. The van der Waals surface area contributed by atoms with E-state index in [1.54, 1.807) is 11.3 Å².